The highest BCUT2D eigenvalue weighted by Crippen LogP contribution is 2.16. The first-order valence-corrected chi connectivity index (χ1v) is 6.43. The van der Waals surface area contributed by atoms with Gasteiger partial charge >= 0.3 is 0 Å². The molecule has 0 aromatic carbocycles. The fraction of sp³-hybridized carbons (Fsp3) is 0.273. The van der Waals surface area contributed by atoms with Crippen molar-refractivity contribution in [3.05, 3.63) is 30.3 Å². The Labute approximate surface area is 119 Å². The summed E-state index contributed by atoms with van der Waals surface area (Å²) in [5.74, 6) is 0.776. The monoisotopic (exact) mass is 290 g/mol. The first-order valence-electron chi connectivity index (χ1n) is 6.05. The molecule has 3 rings (SSSR count). The van der Waals surface area contributed by atoms with Crippen LogP contribution in [0.2, 0.25) is 5.28 Å². The van der Waals surface area contributed by atoms with Crippen molar-refractivity contribution in [2.24, 2.45) is 0 Å². The van der Waals surface area contributed by atoms with E-state index in [1.54, 1.807) is 6.20 Å². The molecule has 0 amide bonds. The van der Waals surface area contributed by atoms with Crippen LogP contribution in [0.3, 0.4) is 0 Å². The van der Waals surface area contributed by atoms with Gasteiger partial charge in [0.25, 0.3) is 5.95 Å². The van der Waals surface area contributed by atoms with Crippen LogP contribution >= 0.6 is 11.6 Å². The van der Waals surface area contributed by atoms with Gasteiger partial charge in [0.1, 0.15) is 12.7 Å². The number of hydrogen-bond acceptors (Lipinski definition) is 6. The summed E-state index contributed by atoms with van der Waals surface area (Å²) in [7, 11) is 0. The van der Waals surface area contributed by atoms with Crippen molar-refractivity contribution >= 4 is 11.6 Å². The molecule has 0 atom stereocenters. The van der Waals surface area contributed by atoms with E-state index < -0.39 is 0 Å². The Kier molecular flexibility index (Phi) is 3.38. The Morgan fingerprint density at radius 1 is 1.20 bits per heavy atom. The van der Waals surface area contributed by atoms with E-state index in [0.717, 1.165) is 18.5 Å². The summed E-state index contributed by atoms with van der Waals surface area (Å²) in [5, 5.41) is 8.31. The molecule has 0 radical (unpaired) electrons. The molecule has 102 valence electrons. The van der Waals surface area contributed by atoms with Crippen LogP contribution in [0.5, 0.6) is 0 Å². The average Bonchev–Trinajstić information content (AvgIpc) is 3.09. The van der Waals surface area contributed by atoms with Crippen LogP contribution in [0.25, 0.3) is 17.3 Å². The second kappa shape index (κ2) is 5.33. The van der Waals surface area contributed by atoms with Crippen molar-refractivity contribution < 1.29 is 0 Å². The van der Waals surface area contributed by atoms with E-state index in [-0.39, 0.29) is 5.28 Å². The third-order valence-corrected chi connectivity index (χ3v) is 2.73. The number of aromatic nitrogens is 8. The number of nitrogens with zero attached hydrogens (tertiary/aromatic N) is 8. The van der Waals surface area contributed by atoms with E-state index in [1.807, 2.05) is 10.9 Å². The fourth-order valence-electron chi connectivity index (χ4n) is 1.71. The van der Waals surface area contributed by atoms with Gasteiger partial charge in [-0.2, -0.15) is 29.8 Å². The van der Waals surface area contributed by atoms with Crippen LogP contribution in [0, 0.1) is 0 Å². The smallest absolute Gasteiger partial charge is 0.256 e. The molecule has 0 aliphatic carbocycles. The maximum atomic E-state index is 5.93. The summed E-state index contributed by atoms with van der Waals surface area (Å²) < 4.78 is 3.26. The van der Waals surface area contributed by atoms with Crippen molar-refractivity contribution in [1.82, 2.24) is 39.5 Å². The largest absolute Gasteiger partial charge is 0.272 e. The van der Waals surface area contributed by atoms with Gasteiger partial charge in [0.15, 0.2) is 5.82 Å². The van der Waals surface area contributed by atoms with E-state index in [0.29, 0.717) is 11.8 Å². The van der Waals surface area contributed by atoms with Gasteiger partial charge < -0.3 is 0 Å². The van der Waals surface area contributed by atoms with Gasteiger partial charge in [-0.3, -0.25) is 4.68 Å². The maximum absolute atomic E-state index is 5.93. The molecule has 0 aliphatic heterocycles. The van der Waals surface area contributed by atoms with E-state index in [4.69, 9.17) is 11.6 Å². The third kappa shape index (κ3) is 2.50. The number of rotatable bonds is 4. The van der Waals surface area contributed by atoms with Crippen molar-refractivity contribution in [1.29, 1.82) is 0 Å². The van der Waals surface area contributed by atoms with Gasteiger partial charge in [0.2, 0.25) is 5.28 Å². The lowest BCUT2D eigenvalue weighted by atomic mass is 10.3. The van der Waals surface area contributed by atoms with Crippen molar-refractivity contribution in [3.8, 4) is 17.3 Å². The first kappa shape index (κ1) is 12.7. The van der Waals surface area contributed by atoms with Gasteiger partial charge in [0, 0.05) is 12.7 Å². The van der Waals surface area contributed by atoms with Gasteiger partial charge in [-0.15, -0.1) is 0 Å². The lowest BCUT2D eigenvalue weighted by Gasteiger charge is -2.01. The lowest BCUT2D eigenvalue weighted by Crippen LogP contribution is -2.04. The molecule has 0 unspecified atom stereocenters. The van der Waals surface area contributed by atoms with Gasteiger partial charge in [0.05, 0.1) is 11.8 Å². The maximum Gasteiger partial charge on any atom is 0.256 e. The lowest BCUT2D eigenvalue weighted by molar-refractivity contribution is 0.603. The van der Waals surface area contributed by atoms with Crippen molar-refractivity contribution in [2.45, 2.75) is 19.9 Å². The second-order valence-electron chi connectivity index (χ2n) is 4.06. The SMILES string of the molecule is CCCn1cc(-c2nc(Cl)nc(-n3cncn3)n2)cn1. The third-order valence-electron chi connectivity index (χ3n) is 2.56. The summed E-state index contributed by atoms with van der Waals surface area (Å²) in [6, 6.07) is 0. The average molecular weight is 291 g/mol. The normalized spacial score (nSPS) is 10.9. The van der Waals surface area contributed by atoms with Crippen LogP contribution < -0.4 is 0 Å². The minimum Gasteiger partial charge on any atom is -0.272 e. The summed E-state index contributed by atoms with van der Waals surface area (Å²) >= 11 is 5.93. The zero-order valence-corrected chi connectivity index (χ0v) is 11.4. The molecule has 0 bridgehead atoms. The van der Waals surface area contributed by atoms with E-state index in [1.165, 1.54) is 17.3 Å². The predicted molar refractivity (Wildman–Crippen MR) is 71.3 cm³/mol. The van der Waals surface area contributed by atoms with Crippen LogP contribution in [-0.4, -0.2) is 39.5 Å². The minimum atomic E-state index is 0.101. The predicted octanol–water partition coefficient (Wildman–Crippen LogP) is 1.38. The van der Waals surface area contributed by atoms with Crippen molar-refractivity contribution in [2.75, 3.05) is 0 Å². The Hall–Kier alpha value is -2.35. The standard InChI is InChI=1S/C11H11ClN8/c1-2-3-19-5-8(4-14-19)9-16-10(12)18-11(17-9)20-7-13-6-15-20/h4-7H,2-3H2,1H3. The Morgan fingerprint density at radius 2 is 2.10 bits per heavy atom. The molecule has 3 heterocycles. The molecular formula is C11H11ClN8. The fourth-order valence-corrected chi connectivity index (χ4v) is 1.87. The van der Waals surface area contributed by atoms with Crippen LogP contribution in [-0.2, 0) is 6.54 Å². The van der Waals surface area contributed by atoms with Crippen LogP contribution in [0.4, 0.5) is 0 Å². The number of aryl methyl sites for hydroxylation is 1. The topological polar surface area (TPSA) is 87.2 Å². The minimum absolute atomic E-state index is 0.101. The van der Waals surface area contributed by atoms with Gasteiger partial charge in [-0.25, -0.2) is 4.98 Å². The molecule has 9 heteroatoms. The highest BCUT2D eigenvalue weighted by Gasteiger charge is 2.11. The molecule has 0 aliphatic rings. The quantitative estimate of drug-likeness (QED) is 0.721. The summed E-state index contributed by atoms with van der Waals surface area (Å²) in [5.41, 5.74) is 0.782. The Balaban J connectivity index is 2.00. The van der Waals surface area contributed by atoms with Crippen LogP contribution in [0.15, 0.2) is 25.0 Å². The highest BCUT2D eigenvalue weighted by molar-refractivity contribution is 6.28. The van der Waals surface area contributed by atoms with Gasteiger partial charge in [-0.1, -0.05) is 6.92 Å². The first-order chi connectivity index (χ1) is 9.76. The Morgan fingerprint density at radius 3 is 2.85 bits per heavy atom. The molecule has 20 heavy (non-hydrogen) atoms. The highest BCUT2D eigenvalue weighted by atomic mass is 35.5. The molecule has 0 N–H and O–H groups in total. The second-order valence-corrected chi connectivity index (χ2v) is 4.40. The zero-order chi connectivity index (χ0) is 13.9. The molecule has 0 saturated carbocycles. The number of hydrogen-bond donors (Lipinski definition) is 0. The van der Waals surface area contributed by atoms with Crippen LogP contribution in [0.1, 0.15) is 13.3 Å². The molecule has 3 aromatic heterocycles. The van der Waals surface area contributed by atoms with E-state index in [9.17, 15) is 0 Å². The van der Waals surface area contributed by atoms with Crippen molar-refractivity contribution in [3.63, 3.8) is 0 Å². The molecular weight excluding hydrogens is 280 g/mol. The number of halogens is 1. The molecule has 3 aromatic rings. The molecule has 0 saturated heterocycles. The summed E-state index contributed by atoms with van der Waals surface area (Å²) in [6.07, 6.45) is 7.47. The Bertz CT molecular complexity index is 705. The van der Waals surface area contributed by atoms with E-state index in [2.05, 4.69) is 37.1 Å². The zero-order valence-electron chi connectivity index (χ0n) is 10.7. The van der Waals surface area contributed by atoms with Gasteiger partial charge in [-0.05, 0) is 18.0 Å². The molecule has 8 nitrogen and oxygen atoms in total. The molecule has 0 spiro atoms. The van der Waals surface area contributed by atoms with E-state index >= 15 is 0 Å². The summed E-state index contributed by atoms with van der Waals surface area (Å²) in [6.45, 7) is 2.93. The summed E-state index contributed by atoms with van der Waals surface area (Å²) in [4.78, 5) is 16.3. The molecule has 0 fully saturated rings.